The van der Waals surface area contributed by atoms with Crippen molar-refractivity contribution in [3.8, 4) is 11.1 Å². The zero-order valence-electron chi connectivity index (χ0n) is 14.4. The molecule has 0 fully saturated rings. The summed E-state index contributed by atoms with van der Waals surface area (Å²) in [6.45, 7) is 2.11. The number of aromatic nitrogens is 1. The summed E-state index contributed by atoms with van der Waals surface area (Å²) in [4.78, 5) is 10.5. The van der Waals surface area contributed by atoms with E-state index in [0.717, 1.165) is 5.56 Å². The normalized spacial score (nSPS) is 11.0. The molecule has 26 heavy (non-hydrogen) atoms. The van der Waals surface area contributed by atoms with Gasteiger partial charge in [-0.25, -0.2) is 0 Å². The molecule has 0 atom stereocenters. The summed E-state index contributed by atoms with van der Waals surface area (Å²) >= 11 is 0. The van der Waals surface area contributed by atoms with Crippen LogP contribution in [0.4, 0.5) is 5.69 Å². The van der Waals surface area contributed by atoms with Crippen LogP contribution in [0.15, 0.2) is 79.0 Å². The molecule has 0 amide bonds. The number of nitro benzene ring substituents is 1. The lowest BCUT2D eigenvalue weighted by molar-refractivity contribution is -0.384. The average molecular weight is 342 g/mol. The largest absolute Gasteiger partial charge is 0.320 e. The minimum Gasteiger partial charge on any atom is -0.320 e. The summed E-state index contributed by atoms with van der Waals surface area (Å²) in [5.41, 5.74) is 7.12. The van der Waals surface area contributed by atoms with Crippen LogP contribution in [0.1, 0.15) is 16.8 Å². The second-order valence-corrected chi connectivity index (χ2v) is 6.42. The third-order valence-electron chi connectivity index (χ3n) is 4.73. The van der Waals surface area contributed by atoms with Gasteiger partial charge in [-0.05, 0) is 35.7 Å². The first-order valence-corrected chi connectivity index (χ1v) is 8.52. The Hall–Kier alpha value is -3.40. The number of nitrogens with zero attached hydrogens (tertiary/aromatic N) is 2. The van der Waals surface area contributed by atoms with Crippen LogP contribution in [0.3, 0.4) is 0 Å². The maximum atomic E-state index is 10.9. The van der Waals surface area contributed by atoms with Crippen LogP contribution in [0, 0.1) is 17.0 Å². The van der Waals surface area contributed by atoms with Gasteiger partial charge in [-0.3, -0.25) is 10.1 Å². The maximum Gasteiger partial charge on any atom is 0.269 e. The quantitative estimate of drug-likeness (QED) is 0.367. The zero-order valence-corrected chi connectivity index (χ0v) is 14.4. The van der Waals surface area contributed by atoms with Crippen molar-refractivity contribution in [2.75, 3.05) is 0 Å². The highest BCUT2D eigenvalue weighted by molar-refractivity contribution is 5.76. The SMILES string of the molecule is Cc1cccn2c(Cc3ccc([N+](=O)[O-])cc3)c(-c3ccccc3)cc12. The van der Waals surface area contributed by atoms with Crippen molar-refractivity contribution in [2.24, 2.45) is 0 Å². The first-order chi connectivity index (χ1) is 12.6. The van der Waals surface area contributed by atoms with Gasteiger partial charge in [-0.1, -0.05) is 48.5 Å². The van der Waals surface area contributed by atoms with Gasteiger partial charge in [0.1, 0.15) is 0 Å². The number of non-ortho nitro benzene ring substituents is 1. The van der Waals surface area contributed by atoms with Crippen molar-refractivity contribution in [1.29, 1.82) is 0 Å². The number of pyridine rings is 1. The Balaban J connectivity index is 1.84. The van der Waals surface area contributed by atoms with Crippen molar-refractivity contribution in [3.63, 3.8) is 0 Å². The minimum atomic E-state index is -0.366. The molecule has 4 nitrogen and oxygen atoms in total. The molecular formula is C22H18N2O2. The molecule has 2 aromatic carbocycles. The van der Waals surface area contributed by atoms with Crippen molar-refractivity contribution in [2.45, 2.75) is 13.3 Å². The fourth-order valence-electron chi connectivity index (χ4n) is 3.37. The van der Waals surface area contributed by atoms with E-state index < -0.39 is 0 Å². The fraction of sp³-hybridized carbons (Fsp3) is 0.0909. The maximum absolute atomic E-state index is 10.9. The van der Waals surface area contributed by atoms with E-state index in [1.54, 1.807) is 12.1 Å². The predicted molar refractivity (Wildman–Crippen MR) is 103 cm³/mol. The van der Waals surface area contributed by atoms with Crippen molar-refractivity contribution in [3.05, 3.63) is 106 Å². The Morgan fingerprint density at radius 2 is 1.69 bits per heavy atom. The zero-order chi connectivity index (χ0) is 18.1. The number of fused-ring (bicyclic) bond motifs is 1. The summed E-state index contributed by atoms with van der Waals surface area (Å²) in [7, 11) is 0. The summed E-state index contributed by atoms with van der Waals surface area (Å²) in [5.74, 6) is 0. The molecule has 2 heterocycles. The lowest BCUT2D eigenvalue weighted by Crippen LogP contribution is -1.97. The van der Waals surface area contributed by atoms with Crippen molar-refractivity contribution < 1.29 is 4.92 Å². The van der Waals surface area contributed by atoms with Crippen LogP contribution < -0.4 is 0 Å². The van der Waals surface area contributed by atoms with Gasteiger partial charge in [0.05, 0.1) is 4.92 Å². The molecule has 2 aromatic heterocycles. The molecule has 0 spiro atoms. The van der Waals surface area contributed by atoms with Gasteiger partial charge >= 0.3 is 0 Å². The first-order valence-electron chi connectivity index (χ1n) is 8.52. The van der Waals surface area contributed by atoms with Crippen molar-refractivity contribution >= 4 is 11.2 Å². The highest BCUT2D eigenvalue weighted by Gasteiger charge is 2.14. The lowest BCUT2D eigenvalue weighted by Gasteiger charge is -2.08. The molecule has 0 saturated carbocycles. The third kappa shape index (κ3) is 2.86. The van der Waals surface area contributed by atoms with E-state index >= 15 is 0 Å². The predicted octanol–water partition coefficient (Wildman–Crippen LogP) is 5.41. The molecule has 0 aliphatic rings. The van der Waals surface area contributed by atoms with Crippen LogP contribution in [0.25, 0.3) is 16.6 Å². The average Bonchev–Trinajstić information content (AvgIpc) is 3.03. The Kier molecular flexibility index (Phi) is 4.01. The van der Waals surface area contributed by atoms with E-state index in [1.807, 2.05) is 30.3 Å². The Morgan fingerprint density at radius 3 is 2.38 bits per heavy atom. The highest BCUT2D eigenvalue weighted by atomic mass is 16.6. The standard InChI is InChI=1S/C22H18N2O2/c1-16-6-5-13-23-21(16)15-20(18-7-3-2-4-8-18)22(23)14-17-9-11-19(12-10-17)24(25)26/h2-13,15H,14H2,1H3. The van der Waals surface area contributed by atoms with E-state index in [9.17, 15) is 10.1 Å². The summed E-state index contributed by atoms with van der Waals surface area (Å²) in [6.07, 6.45) is 2.79. The van der Waals surface area contributed by atoms with Gasteiger partial charge in [0.2, 0.25) is 0 Å². The second kappa shape index (κ2) is 6.48. The highest BCUT2D eigenvalue weighted by Crippen LogP contribution is 2.31. The van der Waals surface area contributed by atoms with E-state index in [2.05, 4.69) is 47.9 Å². The minimum absolute atomic E-state index is 0.118. The summed E-state index contributed by atoms with van der Waals surface area (Å²) in [5, 5.41) is 10.9. The van der Waals surface area contributed by atoms with E-state index in [4.69, 9.17) is 0 Å². The monoisotopic (exact) mass is 342 g/mol. The molecule has 0 aliphatic carbocycles. The Labute approximate surface area is 151 Å². The lowest BCUT2D eigenvalue weighted by atomic mass is 10.0. The van der Waals surface area contributed by atoms with E-state index in [1.165, 1.54) is 27.9 Å². The molecule has 0 unspecified atom stereocenters. The van der Waals surface area contributed by atoms with Gasteiger partial charge in [0.15, 0.2) is 0 Å². The molecule has 128 valence electrons. The number of aryl methyl sites for hydroxylation is 1. The molecule has 4 aromatic rings. The first kappa shape index (κ1) is 16.1. The van der Waals surface area contributed by atoms with Gasteiger partial charge in [-0.15, -0.1) is 0 Å². The Morgan fingerprint density at radius 1 is 0.962 bits per heavy atom. The van der Waals surface area contributed by atoms with E-state index in [-0.39, 0.29) is 10.6 Å². The van der Waals surface area contributed by atoms with Gasteiger partial charge in [0.25, 0.3) is 5.69 Å². The smallest absolute Gasteiger partial charge is 0.269 e. The molecular weight excluding hydrogens is 324 g/mol. The fourth-order valence-corrected chi connectivity index (χ4v) is 3.37. The number of hydrogen-bond donors (Lipinski definition) is 0. The third-order valence-corrected chi connectivity index (χ3v) is 4.73. The van der Waals surface area contributed by atoms with E-state index in [0.29, 0.717) is 6.42 Å². The molecule has 4 heteroatoms. The van der Waals surface area contributed by atoms with Crippen molar-refractivity contribution in [1.82, 2.24) is 4.40 Å². The summed E-state index contributed by atoms with van der Waals surface area (Å²) in [6, 6.07) is 23.5. The van der Waals surface area contributed by atoms with Gasteiger partial charge < -0.3 is 4.40 Å². The molecule has 0 radical (unpaired) electrons. The number of hydrogen-bond acceptors (Lipinski definition) is 2. The number of benzene rings is 2. The second-order valence-electron chi connectivity index (χ2n) is 6.42. The topological polar surface area (TPSA) is 47.5 Å². The molecule has 0 bridgehead atoms. The van der Waals surface area contributed by atoms with Crippen LogP contribution in [0.5, 0.6) is 0 Å². The van der Waals surface area contributed by atoms with Gasteiger partial charge in [0, 0.05) is 41.5 Å². The molecule has 0 saturated heterocycles. The number of nitro groups is 1. The molecule has 0 N–H and O–H groups in total. The Bertz CT molecular complexity index is 1080. The van der Waals surface area contributed by atoms with Crippen LogP contribution >= 0.6 is 0 Å². The molecule has 0 aliphatic heterocycles. The van der Waals surface area contributed by atoms with Gasteiger partial charge in [-0.2, -0.15) is 0 Å². The summed E-state index contributed by atoms with van der Waals surface area (Å²) < 4.78 is 2.22. The van der Waals surface area contributed by atoms with Crippen LogP contribution in [0.2, 0.25) is 0 Å². The molecule has 4 rings (SSSR count). The van der Waals surface area contributed by atoms with Crippen LogP contribution in [-0.2, 0) is 6.42 Å². The number of rotatable bonds is 4. The van der Waals surface area contributed by atoms with Crippen LogP contribution in [-0.4, -0.2) is 9.32 Å².